The van der Waals surface area contributed by atoms with Crippen LogP contribution in [0.25, 0.3) is 11.0 Å². The molecule has 0 unspecified atom stereocenters. The van der Waals surface area contributed by atoms with Crippen LogP contribution in [0, 0.1) is 0 Å². The number of rotatable bonds is 4. The highest BCUT2D eigenvalue weighted by Gasteiger charge is 2.26. The summed E-state index contributed by atoms with van der Waals surface area (Å²) in [6.45, 7) is 0. The number of aromatic nitrogens is 4. The quantitative estimate of drug-likeness (QED) is 0.737. The van der Waals surface area contributed by atoms with Crippen molar-refractivity contribution in [2.24, 2.45) is 0 Å². The number of anilines is 3. The van der Waals surface area contributed by atoms with Gasteiger partial charge in [-0.1, -0.05) is 12.8 Å². The van der Waals surface area contributed by atoms with Gasteiger partial charge in [-0.15, -0.1) is 0 Å². The molecule has 1 fully saturated rings. The van der Waals surface area contributed by atoms with Crippen LogP contribution in [0.2, 0.25) is 0 Å². The molecule has 1 aliphatic carbocycles. The summed E-state index contributed by atoms with van der Waals surface area (Å²) in [6.07, 6.45) is 7.79. The number of nitrogens with zero attached hydrogens (tertiary/aromatic N) is 5. The molecule has 0 saturated heterocycles. The molecule has 3 aromatic rings. The smallest absolute Gasteiger partial charge is 0.270 e. The lowest BCUT2D eigenvalue weighted by Gasteiger charge is -2.19. The van der Waals surface area contributed by atoms with Gasteiger partial charge < -0.3 is 20.5 Å². The van der Waals surface area contributed by atoms with Crippen molar-refractivity contribution in [2.45, 2.75) is 31.7 Å². The van der Waals surface area contributed by atoms with Crippen LogP contribution in [-0.2, 0) is 0 Å². The topological polar surface area (TPSA) is 102 Å². The molecule has 1 aliphatic rings. The molecule has 0 bridgehead atoms. The maximum Gasteiger partial charge on any atom is 0.270 e. The summed E-state index contributed by atoms with van der Waals surface area (Å²) in [7, 11) is 3.54. The fourth-order valence-electron chi connectivity index (χ4n) is 3.59. The number of nitrogens with two attached hydrogens (primary N) is 1. The Morgan fingerprint density at radius 2 is 2.00 bits per heavy atom. The predicted molar refractivity (Wildman–Crippen MR) is 105 cm³/mol. The average molecular weight is 365 g/mol. The third-order valence-electron chi connectivity index (χ3n) is 4.92. The number of fused-ring (bicyclic) bond motifs is 1. The van der Waals surface area contributed by atoms with E-state index in [2.05, 4.69) is 19.9 Å². The van der Waals surface area contributed by atoms with Crippen molar-refractivity contribution in [3.8, 4) is 0 Å². The normalized spacial score (nSPS) is 14.6. The molecule has 3 aromatic heterocycles. The molecule has 1 saturated carbocycles. The molecule has 0 radical (unpaired) electrons. The first-order valence-corrected chi connectivity index (χ1v) is 9.11. The molecule has 8 heteroatoms. The van der Waals surface area contributed by atoms with E-state index in [-0.39, 0.29) is 5.91 Å². The Bertz CT molecular complexity index is 972. The van der Waals surface area contributed by atoms with Gasteiger partial charge in [0.15, 0.2) is 0 Å². The van der Waals surface area contributed by atoms with E-state index >= 15 is 0 Å². The van der Waals surface area contributed by atoms with E-state index in [0.717, 1.165) is 23.9 Å². The number of carbonyl (C=O) groups excluding carboxylic acids is 1. The Balaban J connectivity index is 1.77. The van der Waals surface area contributed by atoms with Gasteiger partial charge in [0.25, 0.3) is 5.91 Å². The van der Waals surface area contributed by atoms with Gasteiger partial charge in [0.05, 0.1) is 11.9 Å². The van der Waals surface area contributed by atoms with Gasteiger partial charge in [0.2, 0.25) is 5.95 Å². The van der Waals surface area contributed by atoms with Crippen molar-refractivity contribution in [3.05, 3.63) is 36.3 Å². The van der Waals surface area contributed by atoms with Crippen LogP contribution >= 0.6 is 0 Å². The minimum Gasteiger partial charge on any atom is -0.397 e. The van der Waals surface area contributed by atoms with Crippen molar-refractivity contribution < 1.29 is 4.79 Å². The van der Waals surface area contributed by atoms with Gasteiger partial charge in [-0.25, -0.2) is 9.97 Å². The summed E-state index contributed by atoms with van der Waals surface area (Å²) in [5.41, 5.74) is 7.72. The maximum absolute atomic E-state index is 12.7. The number of carbonyl (C=O) groups is 1. The molecule has 3 N–H and O–H groups in total. The van der Waals surface area contributed by atoms with Crippen molar-refractivity contribution in [2.75, 3.05) is 25.1 Å². The van der Waals surface area contributed by atoms with Gasteiger partial charge in [0, 0.05) is 31.7 Å². The first kappa shape index (κ1) is 17.3. The zero-order chi connectivity index (χ0) is 19.0. The third-order valence-corrected chi connectivity index (χ3v) is 4.92. The summed E-state index contributed by atoms with van der Waals surface area (Å²) in [6, 6.07) is 5.73. The van der Waals surface area contributed by atoms with Crippen LogP contribution in [0.4, 0.5) is 17.5 Å². The van der Waals surface area contributed by atoms with Gasteiger partial charge >= 0.3 is 0 Å². The molecule has 140 valence electrons. The SMILES string of the molecule is CN(C)C(=O)c1cc2cnc(Nc3ccc(N)cn3)nc2n1C1CCCC1. The lowest BCUT2D eigenvalue weighted by atomic mass is 10.2. The van der Waals surface area contributed by atoms with Crippen LogP contribution in [0.5, 0.6) is 0 Å². The Kier molecular flexibility index (Phi) is 4.39. The number of nitrogens with one attached hydrogen (secondary N) is 1. The largest absolute Gasteiger partial charge is 0.397 e. The predicted octanol–water partition coefficient (Wildman–Crippen LogP) is 2.97. The molecule has 0 aromatic carbocycles. The molecule has 0 aliphatic heterocycles. The van der Waals surface area contributed by atoms with E-state index in [1.165, 1.54) is 12.8 Å². The number of pyridine rings is 1. The van der Waals surface area contributed by atoms with E-state index in [0.29, 0.717) is 29.2 Å². The number of hydrogen-bond acceptors (Lipinski definition) is 6. The summed E-state index contributed by atoms with van der Waals surface area (Å²) in [4.78, 5) is 27.6. The standard InChI is InChI=1S/C19H23N7O/c1-25(2)18(27)15-9-12-10-22-19(23-16-8-7-13(20)11-21-16)24-17(12)26(15)14-5-3-4-6-14/h7-11,14H,3-6,20H2,1-2H3,(H,21,22,23,24). The molecular weight excluding hydrogens is 342 g/mol. The molecule has 0 spiro atoms. The second-order valence-electron chi connectivity index (χ2n) is 7.11. The van der Waals surface area contributed by atoms with Crippen LogP contribution in [0.1, 0.15) is 42.2 Å². The zero-order valence-corrected chi connectivity index (χ0v) is 15.5. The molecule has 0 atom stereocenters. The Labute approximate surface area is 157 Å². The highest BCUT2D eigenvalue weighted by atomic mass is 16.2. The average Bonchev–Trinajstić information content (AvgIpc) is 3.29. The molecule has 8 nitrogen and oxygen atoms in total. The van der Waals surface area contributed by atoms with Gasteiger partial charge in [-0.2, -0.15) is 4.98 Å². The number of hydrogen-bond donors (Lipinski definition) is 2. The van der Waals surface area contributed by atoms with E-state index in [4.69, 9.17) is 10.7 Å². The number of nitrogen functional groups attached to an aromatic ring is 1. The Hall–Kier alpha value is -3.16. The van der Waals surface area contributed by atoms with E-state index in [1.54, 1.807) is 43.5 Å². The monoisotopic (exact) mass is 365 g/mol. The highest BCUT2D eigenvalue weighted by molar-refractivity contribution is 5.97. The molecule has 4 rings (SSSR count). The zero-order valence-electron chi connectivity index (χ0n) is 15.5. The van der Waals surface area contributed by atoms with Gasteiger partial charge in [0.1, 0.15) is 17.2 Å². The van der Waals surface area contributed by atoms with Crippen molar-refractivity contribution in [3.63, 3.8) is 0 Å². The van der Waals surface area contributed by atoms with Crippen molar-refractivity contribution in [1.29, 1.82) is 0 Å². The summed E-state index contributed by atoms with van der Waals surface area (Å²) >= 11 is 0. The Morgan fingerprint density at radius 3 is 2.67 bits per heavy atom. The fourth-order valence-corrected chi connectivity index (χ4v) is 3.59. The van der Waals surface area contributed by atoms with Crippen LogP contribution < -0.4 is 11.1 Å². The summed E-state index contributed by atoms with van der Waals surface area (Å²) in [5.74, 6) is 1.04. The minimum atomic E-state index is -0.0189. The maximum atomic E-state index is 12.7. The number of amides is 1. The Morgan fingerprint density at radius 1 is 1.22 bits per heavy atom. The van der Waals surface area contributed by atoms with Crippen LogP contribution in [0.15, 0.2) is 30.6 Å². The molecule has 1 amide bonds. The van der Waals surface area contributed by atoms with Crippen molar-refractivity contribution in [1.82, 2.24) is 24.4 Å². The lowest BCUT2D eigenvalue weighted by Crippen LogP contribution is -2.25. The lowest BCUT2D eigenvalue weighted by molar-refractivity contribution is 0.0815. The van der Waals surface area contributed by atoms with E-state index in [9.17, 15) is 4.79 Å². The first-order valence-electron chi connectivity index (χ1n) is 9.11. The third kappa shape index (κ3) is 3.30. The summed E-state index contributed by atoms with van der Waals surface area (Å²) < 4.78 is 2.09. The van der Waals surface area contributed by atoms with Gasteiger partial charge in [-0.3, -0.25) is 4.79 Å². The molecular formula is C19H23N7O. The molecule has 27 heavy (non-hydrogen) atoms. The van der Waals surface area contributed by atoms with E-state index < -0.39 is 0 Å². The van der Waals surface area contributed by atoms with Gasteiger partial charge in [-0.05, 0) is 31.0 Å². The second-order valence-corrected chi connectivity index (χ2v) is 7.11. The molecule has 3 heterocycles. The van der Waals surface area contributed by atoms with Crippen LogP contribution in [0.3, 0.4) is 0 Å². The first-order chi connectivity index (χ1) is 13.0. The van der Waals surface area contributed by atoms with E-state index in [1.807, 2.05) is 6.07 Å². The highest BCUT2D eigenvalue weighted by Crippen LogP contribution is 2.34. The fraction of sp³-hybridized carbons (Fsp3) is 0.368. The summed E-state index contributed by atoms with van der Waals surface area (Å²) in [5, 5.41) is 3.97. The van der Waals surface area contributed by atoms with Crippen LogP contribution in [-0.4, -0.2) is 44.4 Å². The second kappa shape index (κ2) is 6.86. The van der Waals surface area contributed by atoms with Crippen molar-refractivity contribution >= 4 is 34.4 Å². The minimum absolute atomic E-state index is 0.0189.